The number of rotatable bonds is 3. The molecule has 1 saturated heterocycles. The second-order valence-electron chi connectivity index (χ2n) is 5.04. The lowest BCUT2D eigenvalue weighted by Gasteiger charge is -2.21. The molecule has 5 heteroatoms. The van der Waals surface area contributed by atoms with Crippen molar-refractivity contribution in [2.75, 3.05) is 18.1 Å². The molecule has 102 valence electrons. The first-order chi connectivity index (χ1) is 8.93. The molecule has 0 saturated carbocycles. The first-order valence-corrected chi connectivity index (χ1v) is 6.19. The highest BCUT2D eigenvalue weighted by atomic mass is 16.4. The van der Waals surface area contributed by atoms with Gasteiger partial charge in [0.05, 0.1) is 11.3 Å². The van der Waals surface area contributed by atoms with Gasteiger partial charge in [0.15, 0.2) is 0 Å². The van der Waals surface area contributed by atoms with E-state index in [1.807, 2.05) is 13.0 Å². The zero-order valence-corrected chi connectivity index (χ0v) is 11.0. The smallest absolute Gasteiger partial charge is 0.337 e. The van der Waals surface area contributed by atoms with Crippen molar-refractivity contribution in [2.24, 2.45) is 5.92 Å². The first kappa shape index (κ1) is 13.5. The molecule has 0 bridgehead atoms. The van der Waals surface area contributed by atoms with Gasteiger partial charge in [-0.1, -0.05) is 6.07 Å². The van der Waals surface area contributed by atoms with E-state index in [2.05, 4.69) is 0 Å². The SMILES string of the molecule is Cc1cc(C)c(N2CC(CO)CC2=O)c(C(=O)O)c1. The van der Waals surface area contributed by atoms with Crippen LogP contribution in [0.25, 0.3) is 0 Å². The predicted octanol–water partition coefficient (Wildman–Crippen LogP) is 1.35. The van der Waals surface area contributed by atoms with E-state index in [9.17, 15) is 14.7 Å². The molecule has 0 spiro atoms. The molecule has 1 aromatic rings. The zero-order chi connectivity index (χ0) is 14.2. The number of carbonyl (C=O) groups excluding carboxylic acids is 1. The van der Waals surface area contributed by atoms with Crippen molar-refractivity contribution in [1.82, 2.24) is 0 Å². The number of hydrogen-bond donors (Lipinski definition) is 2. The van der Waals surface area contributed by atoms with Crippen LogP contribution in [0, 0.1) is 19.8 Å². The van der Waals surface area contributed by atoms with Crippen molar-refractivity contribution in [1.29, 1.82) is 0 Å². The van der Waals surface area contributed by atoms with Gasteiger partial charge in [0.1, 0.15) is 0 Å². The fourth-order valence-corrected chi connectivity index (χ4v) is 2.60. The summed E-state index contributed by atoms with van der Waals surface area (Å²) in [6.45, 7) is 3.94. The molecule has 1 atom stereocenters. The second-order valence-corrected chi connectivity index (χ2v) is 5.04. The highest BCUT2D eigenvalue weighted by Gasteiger charge is 2.33. The number of carbonyl (C=O) groups is 2. The third kappa shape index (κ3) is 2.46. The number of aromatic carboxylic acids is 1. The minimum atomic E-state index is -1.04. The van der Waals surface area contributed by atoms with Crippen LogP contribution in [-0.2, 0) is 4.79 Å². The summed E-state index contributed by atoms with van der Waals surface area (Å²) in [6, 6.07) is 3.44. The van der Waals surface area contributed by atoms with Crippen molar-refractivity contribution in [3.05, 3.63) is 28.8 Å². The molecule has 0 aliphatic carbocycles. The van der Waals surface area contributed by atoms with Gasteiger partial charge in [0.25, 0.3) is 0 Å². The molecule has 5 nitrogen and oxygen atoms in total. The Morgan fingerprint density at radius 3 is 2.63 bits per heavy atom. The average Bonchev–Trinajstić information content (AvgIpc) is 2.69. The summed E-state index contributed by atoms with van der Waals surface area (Å²) in [5.41, 5.74) is 2.22. The lowest BCUT2D eigenvalue weighted by Crippen LogP contribution is -2.28. The summed E-state index contributed by atoms with van der Waals surface area (Å²) in [6.07, 6.45) is 0.267. The molecule has 1 amide bonds. The Hall–Kier alpha value is -1.88. The number of carboxylic acids is 1. The largest absolute Gasteiger partial charge is 0.478 e. The normalized spacial score (nSPS) is 19.0. The molecule has 1 aromatic carbocycles. The lowest BCUT2D eigenvalue weighted by molar-refractivity contribution is -0.117. The Kier molecular flexibility index (Phi) is 3.57. The molecule has 2 N–H and O–H groups in total. The molecular formula is C14H17NO4. The third-order valence-electron chi connectivity index (χ3n) is 3.41. The van der Waals surface area contributed by atoms with Gasteiger partial charge in [-0.25, -0.2) is 4.79 Å². The average molecular weight is 263 g/mol. The number of hydrogen-bond acceptors (Lipinski definition) is 3. The standard InChI is InChI=1S/C14H17NO4/c1-8-3-9(2)13(11(4-8)14(18)19)15-6-10(7-16)5-12(15)17/h3-4,10,16H,5-7H2,1-2H3,(H,18,19). The fourth-order valence-electron chi connectivity index (χ4n) is 2.60. The summed E-state index contributed by atoms with van der Waals surface area (Å²) in [5, 5.41) is 18.4. The van der Waals surface area contributed by atoms with Gasteiger partial charge in [0.2, 0.25) is 5.91 Å². The molecule has 1 unspecified atom stereocenters. The predicted molar refractivity (Wildman–Crippen MR) is 70.4 cm³/mol. The van der Waals surface area contributed by atoms with Gasteiger partial charge in [-0.3, -0.25) is 4.79 Å². The highest BCUT2D eigenvalue weighted by molar-refractivity contribution is 6.04. The van der Waals surface area contributed by atoms with Crippen LogP contribution in [0.15, 0.2) is 12.1 Å². The minimum Gasteiger partial charge on any atom is -0.478 e. The third-order valence-corrected chi connectivity index (χ3v) is 3.41. The topological polar surface area (TPSA) is 77.8 Å². The summed E-state index contributed by atoms with van der Waals surface area (Å²) in [7, 11) is 0. The van der Waals surface area contributed by atoms with Gasteiger partial charge < -0.3 is 15.1 Å². The van der Waals surface area contributed by atoms with E-state index in [0.29, 0.717) is 12.2 Å². The van der Waals surface area contributed by atoms with Gasteiger partial charge in [-0.2, -0.15) is 0 Å². The maximum absolute atomic E-state index is 12.0. The van der Waals surface area contributed by atoms with Gasteiger partial charge in [-0.05, 0) is 31.0 Å². The Labute approximate surface area is 111 Å². The van der Waals surface area contributed by atoms with E-state index < -0.39 is 5.97 Å². The first-order valence-electron chi connectivity index (χ1n) is 6.19. The van der Waals surface area contributed by atoms with Crippen LogP contribution in [-0.4, -0.2) is 35.2 Å². The molecule has 1 aliphatic heterocycles. The van der Waals surface area contributed by atoms with Crippen LogP contribution in [0.2, 0.25) is 0 Å². The Bertz CT molecular complexity index is 538. The number of aryl methyl sites for hydroxylation is 2. The van der Waals surface area contributed by atoms with E-state index in [4.69, 9.17) is 5.11 Å². The van der Waals surface area contributed by atoms with E-state index in [-0.39, 0.29) is 30.4 Å². The Balaban J connectivity index is 2.50. The van der Waals surface area contributed by atoms with Crippen molar-refractivity contribution >= 4 is 17.6 Å². The van der Waals surface area contributed by atoms with E-state index in [0.717, 1.165) is 11.1 Å². The van der Waals surface area contributed by atoms with Gasteiger partial charge >= 0.3 is 5.97 Å². The van der Waals surface area contributed by atoms with Crippen molar-refractivity contribution in [3.63, 3.8) is 0 Å². The summed E-state index contributed by atoms with van der Waals surface area (Å²) in [4.78, 5) is 24.8. The van der Waals surface area contributed by atoms with Gasteiger partial charge in [0, 0.05) is 25.5 Å². The minimum absolute atomic E-state index is 0.0600. The Morgan fingerprint density at radius 1 is 1.42 bits per heavy atom. The monoisotopic (exact) mass is 263 g/mol. The number of amides is 1. The van der Waals surface area contributed by atoms with Crippen LogP contribution >= 0.6 is 0 Å². The van der Waals surface area contributed by atoms with Crippen LogP contribution in [0.4, 0.5) is 5.69 Å². The summed E-state index contributed by atoms with van der Waals surface area (Å²) >= 11 is 0. The van der Waals surface area contributed by atoms with Crippen molar-refractivity contribution < 1.29 is 19.8 Å². The number of nitrogens with zero attached hydrogens (tertiary/aromatic N) is 1. The number of aliphatic hydroxyl groups excluding tert-OH is 1. The number of anilines is 1. The van der Waals surface area contributed by atoms with E-state index >= 15 is 0 Å². The zero-order valence-electron chi connectivity index (χ0n) is 11.0. The van der Waals surface area contributed by atoms with Crippen LogP contribution in [0.3, 0.4) is 0 Å². The highest BCUT2D eigenvalue weighted by Crippen LogP contribution is 2.32. The maximum Gasteiger partial charge on any atom is 0.337 e. The molecule has 2 rings (SSSR count). The number of benzene rings is 1. The lowest BCUT2D eigenvalue weighted by atomic mass is 10.0. The molecule has 0 aromatic heterocycles. The molecule has 1 aliphatic rings. The van der Waals surface area contributed by atoms with Crippen LogP contribution < -0.4 is 4.90 Å². The van der Waals surface area contributed by atoms with Crippen LogP contribution in [0.1, 0.15) is 27.9 Å². The summed E-state index contributed by atoms with van der Waals surface area (Å²) in [5.74, 6) is -1.29. The van der Waals surface area contributed by atoms with Crippen LogP contribution in [0.5, 0.6) is 0 Å². The quantitative estimate of drug-likeness (QED) is 0.862. The van der Waals surface area contributed by atoms with E-state index in [1.54, 1.807) is 13.0 Å². The molecular weight excluding hydrogens is 246 g/mol. The molecule has 0 radical (unpaired) electrons. The molecule has 1 heterocycles. The fraction of sp³-hybridized carbons (Fsp3) is 0.429. The van der Waals surface area contributed by atoms with Crippen molar-refractivity contribution in [2.45, 2.75) is 20.3 Å². The van der Waals surface area contributed by atoms with Gasteiger partial charge in [-0.15, -0.1) is 0 Å². The molecule has 1 fully saturated rings. The van der Waals surface area contributed by atoms with Crippen molar-refractivity contribution in [3.8, 4) is 0 Å². The molecule has 19 heavy (non-hydrogen) atoms. The van der Waals surface area contributed by atoms with E-state index in [1.165, 1.54) is 4.90 Å². The number of carboxylic acid groups (broad SMARTS) is 1. The maximum atomic E-state index is 12.0. The summed E-state index contributed by atoms with van der Waals surface area (Å²) < 4.78 is 0. The second kappa shape index (κ2) is 5.01. The number of aliphatic hydroxyl groups is 1. The Morgan fingerprint density at radius 2 is 2.11 bits per heavy atom.